The van der Waals surface area contributed by atoms with Gasteiger partial charge >= 0.3 is 5.97 Å². The molecule has 0 aromatic heterocycles. The summed E-state index contributed by atoms with van der Waals surface area (Å²) in [5.74, 6) is 0.388. The van der Waals surface area contributed by atoms with Gasteiger partial charge in [-0.05, 0) is 85.4 Å². The van der Waals surface area contributed by atoms with E-state index < -0.39 is 0 Å². The molecule has 1 aliphatic heterocycles. The standard InChI is InChI=1S/C25H27Cl2NO3/c1-15-4-3-5-21(20-6-7-25(2)13-17(20)10-24(30)31-25)22(15)12-23(29)28-14-16-8-18(26)11-19(27)9-16/h3-5,8-9,11,17,20H,6-7,10,12-14H2,1-2H3,(H,28,29). The Labute approximate surface area is 193 Å². The Morgan fingerprint density at radius 3 is 2.71 bits per heavy atom. The number of hydrogen-bond donors (Lipinski definition) is 1. The smallest absolute Gasteiger partial charge is 0.306 e. The molecule has 3 unspecified atom stereocenters. The SMILES string of the molecule is Cc1cccc(C2CCC3(C)CC2CC(=O)O3)c1CC(=O)NCc1cc(Cl)cc(Cl)c1. The van der Waals surface area contributed by atoms with Crippen molar-refractivity contribution in [1.82, 2.24) is 5.32 Å². The number of hydrogen-bond acceptors (Lipinski definition) is 3. The average Bonchev–Trinajstić information content (AvgIpc) is 2.67. The zero-order valence-electron chi connectivity index (χ0n) is 17.8. The van der Waals surface area contributed by atoms with Gasteiger partial charge in [0.15, 0.2) is 0 Å². The summed E-state index contributed by atoms with van der Waals surface area (Å²) in [6.45, 7) is 4.46. The summed E-state index contributed by atoms with van der Waals surface area (Å²) < 4.78 is 5.62. The Kier molecular flexibility index (Phi) is 6.32. The maximum absolute atomic E-state index is 12.8. The van der Waals surface area contributed by atoms with Gasteiger partial charge in [0.2, 0.25) is 5.91 Å². The largest absolute Gasteiger partial charge is 0.459 e. The third-order valence-corrected chi connectivity index (χ3v) is 7.07. The van der Waals surface area contributed by atoms with Crippen LogP contribution in [-0.4, -0.2) is 17.5 Å². The van der Waals surface area contributed by atoms with Crippen LogP contribution in [0.1, 0.15) is 60.8 Å². The highest BCUT2D eigenvalue weighted by atomic mass is 35.5. The molecule has 1 aliphatic carbocycles. The predicted molar refractivity (Wildman–Crippen MR) is 122 cm³/mol. The second kappa shape index (κ2) is 8.84. The summed E-state index contributed by atoms with van der Waals surface area (Å²) in [5, 5.41) is 4.08. The number of halogens is 2. The van der Waals surface area contributed by atoms with Crippen molar-refractivity contribution >= 4 is 35.1 Å². The number of carbonyl (C=O) groups excluding carboxylic acids is 2. The topological polar surface area (TPSA) is 55.4 Å². The van der Waals surface area contributed by atoms with E-state index in [2.05, 4.69) is 17.4 Å². The summed E-state index contributed by atoms with van der Waals surface area (Å²) in [5.41, 5.74) is 3.89. The van der Waals surface area contributed by atoms with Crippen LogP contribution in [0.25, 0.3) is 0 Å². The molecule has 3 atom stereocenters. The molecule has 2 aromatic rings. The predicted octanol–water partition coefficient (Wildman–Crippen LogP) is 5.75. The van der Waals surface area contributed by atoms with Crippen molar-refractivity contribution in [3.63, 3.8) is 0 Å². The number of nitrogens with one attached hydrogen (secondary N) is 1. The van der Waals surface area contributed by atoms with Crippen molar-refractivity contribution in [2.24, 2.45) is 5.92 Å². The van der Waals surface area contributed by atoms with Gasteiger partial charge in [-0.15, -0.1) is 0 Å². The monoisotopic (exact) mass is 459 g/mol. The number of fused-ring (bicyclic) bond motifs is 2. The highest BCUT2D eigenvalue weighted by Crippen LogP contribution is 2.49. The lowest BCUT2D eigenvalue weighted by Crippen LogP contribution is -2.45. The lowest BCUT2D eigenvalue weighted by Gasteiger charge is -2.46. The first-order valence-corrected chi connectivity index (χ1v) is 11.5. The highest BCUT2D eigenvalue weighted by Gasteiger charge is 2.46. The number of carbonyl (C=O) groups is 2. The van der Waals surface area contributed by atoms with Crippen LogP contribution in [0, 0.1) is 12.8 Å². The minimum absolute atomic E-state index is 0.0460. The van der Waals surface area contributed by atoms with Crippen LogP contribution in [0.3, 0.4) is 0 Å². The first-order chi connectivity index (χ1) is 14.7. The number of benzene rings is 2. The van der Waals surface area contributed by atoms with Crippen LogP contribution in [0.4, 0.5) is 0 Å². The quantitative estimate of drug-likeness (QED) is 0.578. The molecule has 1 saturated heterocycles. The number of rotatable bonds is 5. The van der Waals surface area contributed by atoms with Crippen molar-refractivity contribution in [3.05, 3.63) is 68.7 Å². The Morgan fingerprint density at radius 2 is 1.97 bits per heavy atom. The van der Waals surface area contributed by atoms with Crippen LogP contribution in [0.2, 0.25) is 10.0 Å². The lowest BCUT2D eigenvalue weighted by atomic mass is 9.66. The van der Waals surface area contributed by atoms with Gasteiger partial charge in [0, 0.05) is 23.0 Å². The van der Waals surface area contributed by atoms with Gasteiger partial charge in [0.25, 0.3) is 0 Å². The fourth-order valence-corrected chi connectivity index (χ4v) is 5.76. The van der Waals surface area contributed by atoms with Gasteiger partial charge in [-0.1, -0.05) is 41.4 Å². The molecule has 2 aromatic carbocycles. The fourth-order valence-electron chi connectivity index (χ4n) is 5.19. The molecule has 164 valence electrons. The molecule has 1 amide bonds. The molecule has 1 N–H and O–H groups in total. The summed E-state index contributed by atoms with van der Waals surface area (Å²) in [7, 11) is 0. The molecule has 4 nitrogen and oxygen atoms in total. The third kappa shape index (κ3) is 5.07. The van der Waals surface area contributed by atoms with Gasteiger partial charge in [-0.2, -0.15) is 0 Å². The zero-order chi connectivity index (χ0) is 22.2. The summed E-state index contributed by atoms with van der Waals surface area (Å²) in [6.07, 6.45) is 3.47. The molecule has 2 bridgehead atoms. The normalized spacial score (nSPS) is 25.1. The summed E-state index contributed by atoms with van der Waals surface area (Å²) in [6, 6.07) is 11.5. The van der Waals surface area contributed by atoms with E-state index in [-0.39, 0.29) is 29.3 Å². The first kappa shape index (κ1) is 22.2. The van der Waals surface area contributed by atoms with Gasteiger partial charge < -0.3 is 10.1 Å². The van der Waals surface area contributed by atoms with Crippen molar-refractivity contribution in [2.75, 3.05) is 0 Å². The number of ether oxygens (including phenoxy) is 1. The third-order valence-electron chi connectivity index (χ3n) is 6.63. The van der Waals surface area contributed by atoms with Crippen LogP contribution in [-0.2, 0) is 27.3 Å². The zero-order valence-corrected chi connectivity index (χ0v) is 19.4. The van der Waals surface area contributed by atoms with Crippen LogP contribution in [0.15, 0.2) is 36.4 Å². The molecule has 1 heterocycles. The second-order valence-corrected chi connectivity index (χ2v) is 9.98. The molecular formula is C25H27Cl2NO3. The Hall–Kier alpha value is -2.04. The van der Waals surface area contributed by atoms with Crippen molar-refractivity contribution < 1.29 is 14.3 Å². The number of amides is 1. The van der Waals surface area contributed by atoms with Gasteiger partial charge in [0.1, 0.15) is 5.60 Å². The molecule has 2 aliphatic rings. The van der Waals surface area contributed by atoms with Gasteiger partial charge in [0.05, 0.1) is 6.42 Å². The maximum Gasteiger partial charge on any atom is 0.306 e. The van der Waals surface area contributed by atoms with Gasteiger partial charge in [-0.3, -0.25) is 9.59 Å². The molecule has 0 spiro atoms. The van der Waals surface area contributed by atoms with E-state index in [0.29, 0.717) is 29.4 Å². The van der Waals surface area contributed by atoms with E-state index in [9.17, 15) is 9.59 Å². The Balaban J connectivity index is 1.50. The highest BCUT2D eigenvalue weighted by molar-refractivity contribution is 6.34. The molecule has 2 fully saturated rings. The van der Waals surface area contributed by atoms with Crippen molar-refractivity contribution in [1.29, 1.82) is 0 Å². The second-order valence-electron chi connectivity index (χ2n) is 9.11. The summed E-state index contributed by atoms with van der Waals surface area (Å²) >= 11 is 12.1. The maximum atomic E-state index is 12.8. The molecule has 0 radical (unpaired) electrons. The van der Waals surface area contributed by atoms with Gasteiger partial charge in [-0.25, -0.2) is 0 Å². The number of aryl methyl sites for hydroxylation is 1. The minimum atomic E-state index is -0.337. The number of esters is 1. The Bertz CT molecular complexity index is 1000. The minimum Gasteiger partial charge on any atom is -0.459 e. The van der Waals surface area contributed by atoms with E-state index in [1.165, 1.54) is 5.56 Å². The molecule has 1 saturated carbocycles. The molecule has 6 heteroatoms. The first-order valence-electron chi connectivity index (χ1n) is 10.7. The summed E-state index contributed by atoms with van der Waals surface area (Å²) in [4.78, 5) is 25.0. The molecule has 4 rings (SSSR count). The van der Waals surface area contributed by atoms with E-state index in [0.717, 1.165) is 36.0 Å². The average molecular weight is 460 g/mol. The van der Waals surface area contributed by atoms with Crippen LogP contribution in [0.5, 0.6) is 0 Å². The Morgan fingerprint density at radius 1 is 1.23 bits per heavy atom. The van der Waals surface area contributed by atoms with Crippen LogP contribution >= 0.6 is 23.2 Å². The fraction of sp³-hybridized carbons (Fsp3) is 0.440. The molecule has 31 heavy (non-hydrogen) atoms. The van der Waals surface area contributed by atoms with E-state index >= 15 is 0 Å². The van der Waals surface area contributed by atoms with Crippen LogP contribution < -0.4 is 5.32 Å². The van der Waals surface area contributed by atoms with Crippen molar-refractivity contribution in [3.8, 4) is 0 Å². The van der Waals surface area contributed by atoms with E-state index in [4.69, 9.17) is 27.9 Å². The van der Waals surface area contributed by atoms with Crippen molar-refractivity contribution in [2.45, 2.75) is 64.0 Å². The lowest BCUT2D eigenvalue weighted by molar-refractivity contribution is -0.176. The van der Waals surface area contributed by atoms with E-state index in [1.54, 1.807) is 18.2 Å². The van der Waals surface area contributed by atoms with E-state index in [1.807, 2.05) is 19.9 Å². The molecular weight excluding hydrogens is 433 g/mol.